The number of carbonyl (C=O) groups is 1. The topological polar surface area (TPSA) is 126 Å². The van der Waals surface area contributed by atoms with Gasteiger partial charge in [-0.1, -0.05) is 23.9 Å². The average molecular weight is 425 g/mol. The smallest absolute Gasteiger partial charge is 0.342 e. The zero-order valence-electron chi connectivity index (χ0n) is 16.6. The first-order chi connectivity index (χ1) is 14.4. The number of furan rings is 1. The largest absolute Gasteiger partial charge is 0.462 e. The number of benzene rings is 1. The van der Waals surface area contributed by atoms with Crippen molar-refractivity contribution in [3.05, 3.63) is 51.8 Å². The van der Waals surface area contributed by atoms with Gasteiger partial charge in [-0.25, -0.2) is 14.8 Å². The molecular formula is C20H19N5O4S. The predicted molar refractivity (Wildman–Crippen MR) is 113 cm³/mol. The van der Waals surface area contributed by atoms with Crippen molar-refractivity contribution in [3.8, 4) is 0 Å². The van der Waals surface area contributed by atoms with Gasteiger partial charge in [0.1, 0.15) is 23.0 Å². The minimum atomic E-state index is -0.526. The van der Waals surface area contributed by atoms with E-state index in [1.165, 1.54) is 16.3 Å². The lowest BCUT2D eigenvalue weighted by atomic mass is 10.2. The minimum absolute atomic E-state index is 0.125. The number of aryl methyl sites for hydroxylation is 1. The molecule has 0 spiro atoms. The zero-order chi connectivity index (χ0) is 21.4. The summed E-state index contributed by atoms with van der Waals surface area (Å²) < 4.78 is 12.2. The second-order valence-corrected chi connectivity index (χ2v) is 7.47. The van der Waals surface area contributed by atoms with E-state index in [1.54, 1.807) is 39.1 Å². The second kappa shape index (κ2) is 7.79. The van der Waals surface area contributed by atoms with Gasteiger partial charge >= 0.3 is 5.97 Å². The summed E-state index contributed by atoms with van der Waals surface area (Å²) in [5.74, 6) is 0.689. The molecule has 1 aromatic carbocycles. The highest BCUT2D eigenvalue weighted by molar-refractivity contribution is 7.98. The molecule has 2 N–H and O–H groups in total. The summed E-state index contributed by atoms with van der Waals surface area (Å²) in [5, 5.41) is 1.43. The molecule has 3 heterocycles. The number of aromatic nitrogens is 4. The van der Waals surface area contributed by atoms with E-state index >= 15 is 0 Å². The number of anilines is 1. The van der Waals surface area contributed by atoms with Crippen molar-refractivity contribution in [2.75, 3.05) is 12.3 Å². The number of thioether (sulfide) groups is 1. The van der Waals surface area contributed by atoms with Crippen LogP contribution in [0.3, 0.4) is 0 Å². The molecule has 0 bridgehead atoms. The minimum Gasteiger partial charge on any atom is -0.462 e. The summed E-state index contributed by atoms with van der Waals surface area (Å²) in [6.07, 6.45) is 0. The lowest BCUT2D eigenvalue weighted by molar-refractivity contribution is 0.0526. The van der Waals surface area contributed by atoms with Gasteiger partial charge in [-0.2, -0.15) is 4.98 Å². The van der Waals surface area contributed by atoms with E-state index in [1.807, 2.05) is 6.07 Å². The number of hydrogen-bond donors (Lipinski definition) is 1. The number of carbonyl (C=O) groups excluding carboxylic acids is 1. The van der Waals surface area contributed by atoms with Crippen LogP contribution in [0.2, 0.25) is 0 Å². The monoisotopic (exact) mass is 425 g/mol. The number of esters is 1. The molecule has 0 amide bonds. The zero-order valence-corrected chi connectivity index (χ0v) is 17.4. The molecule has 154 valence electrons. The molecule has 0 fully saturated rings. The third kappa shape index (κ3) is 3.39. The summed E-state index contributed by atoms with van der Waals surface area (Å²) in [6, 6.07) is 7.18. The van der Waals surface area contributed by atoms with Crippen LogP contribution in [-0.4, -0.2) is 32.1 Å². The van der Waals surface area contributed by atoms with Gasteiger partial charge in [0.05, 0.1) is 28.6 Å². The van der Waals surface area contributed by atoms with Crippen LogP contribution in [0, 0.1) is 6.92 Å². The van der Waals surface area contributed by atoms with E-state index in [9.17, 15) is 9.59 Å². The number of para-hydroxylation sites is 1. The van der Waals surface area contributed by atoms with Crippen LogP contribution in [0.15, 0.2) is 38.6 Å². The molecule has 0 aliphatic carbocycles. The number of ether oxygens (including phenoxy) is 1. The number of nitrogens with two attached hydrogens (primary N) is 1. The van der Waals surface area contributed by atoms with Crippen molar-refractivity contribution in [1.82, 2.24) is 19.5 Å². The Labute approximate surface area is 175 Å². The third-order valence-electron chi connectivity index (χ3n) is 4.55. The number of nitrogens with zero attached hydrogens (tertiary/aromatic N) is 4. The van der Waals surface area contributed by atoms with Crippen LogP contribution in [-0.2, 0) is 17.5 Å². The Morgan fingerprint density at radius 2 is 2.03 bits per heavy atom. The molecule has 0 radical (unpaired) electrons. The van der Waals surface area contributed by atoms with Crippen molar-refractivity contribution < 1.29 is 13.9 Å². The van der Waals surface area contributed by atoms with Crippen molar-refractivity contribution in [2.24, 2.45) is 7.05 Å². The lowest BCUT2D eigenvalue weighted by Gasteiger charge is -2.08. The highest BCUT2D eigenvalue weighted by Crippen LogP contribution is 2.30. The number of fused-ring (bicyclic) bond motifs is 2. The first kappa shape index (κ1) is 19.9. The number of rotatable bonds is 5. The molecule has 10 heteroatoms. The molecule has 0 atom stereocenters. The van der Waals surface area contributed by atoms with Gasteiger partial charge in [-0.3, -0.25) is 9.36 Å². The molecule has 9 nitrogen and oxygen atoms in total. The van der Waals surface area contributed by atoms with Gasteiger partial charge < -0.3 is 14.9 Å². The quantitative estimate of drug-likeness (QED) is 0.292. The van der Waals surface area contributed by atoms with Crippen LogP contribution in [0.1, 0.15) is 28.9 Å². The van der Waals surface area contributed by atoms with Crippen molar-refractivity contribution in [3.63, 3.8) is 0 Å². The molecular weight excluding hydrogens is 406 g/mol. The van der Waals surface area contributed by atoms with E-state index in [0.29, 0.717) is 38.8 Å². The van der Waals surface area contributed by atoms with E-state index in [4.69, 9.17) is 14.9 Å². The van der Waals surface area contributed by atoms with E-state index in [-0.39, 0.29) is 29.3 Å². The normalized spacial score (nSPS) is 11.3. The maximum absolute atomic E-state index is 12.5. The van der Waals surface area contributed by atoms with E-state index < -0.39 is 5.97 Å². The van der Waals surface area contributed by atoms with Gasteiger partial charge in [-0.15, -0.1) is 0 Å². The van der Waals surface area contributed by atoms with Crippen LogP contribution >= 0.6 is 11.8 Å². The first-order valence-electron chi connectivity index (χ1n) is 9.21. The standard InChI is InChI=1S/C20H19N5O4S/c1-4-28-19(27)14-10(2)29-17-15(14)16(21)23-13(24-17)9-30-20-22-12-8-6-5-7-11(12)18(26)25(20)3/h5-8H,4,9H2,1-3H3,(H2,21,23,24). The Kier molecular flexibility index (Phi) is 5.17. The van der Waals surface area contributed by atoms with Crippen LogP contribution in [0.4, 0.5) is 5.82 Å². The molecule has 0 aliphatic rings. The second-order valence-electron chi connectivity index (χ2n) is 6.52. The Bertz CT molecular complexity index is 1340. The highest BCUT2D eigenvalue weighted by Gasteiger charge is 2.24. The average Bonchev–Trinajstić information content (AvgIpc) is 3.06. The van der Waals surface area contributed by atoms with Gasteiger partial charge in [0, 0.05) is 7.05 Å². The van der Waals surface area contributed by atoms with Crippen LogP contribution in [0.5, 0.6) is 0 Å². The molecule has 4 aromatic rings. The van der Waals surface area contributed by atoms with Gasteiger partial charge in [0.15, 0.2) is 5.16 Å². The Hall–Kier alpha value is -3.40. The molecule has 30 heavy (non-hydrogen) atoms. The fourth-order valence-electron chi connectivity index (χ4n) is 3.15. The van der Waals surface area contributed by atoms with Crippen LogP contribution < -0.4 is 11.3 Å². The van der Waals surface area contributed by atoms with E-state index in [0.717, 1.165) is 0 Å². The fraction of sp³-hybridized carbons (Fsp3) is 0.250. The van der Waals surface area contributed by atoms with Gasteiger partial charge in [0.25, 0.3) is 5.56 Å². The Morgan fingerprint density at radius 1 is 1.27 bits per heavy atom. The van der Waals surface area contributed by atoms with E-state index in [2.05, 4.69) is 15.0 Å². The summed E-state index contributed by atoms with van der Waals surface area (Å²) in [7, 11) is 1.67. The van der Waals surface area contributed by atoms with Gasteiger partial charge in [0.2, 0.25) is 5.71 Å². The summed E-state index contributed by atoms with van der Waals surface area (Å²) in [6.45, 7) is 3.60. The van der Waals surface area contributed by atoms with Gasteiger partial charge in [-0.05, 0) is 26.0 Å². The molecule has 4 rings (SSSR count). The number of nitrogen functional groups attached to an aromatic ring is 1. The lowest BCUT2D eigenvalue weighted by Crippen LogP contribution is -2.20. The maximum Gasteiger partial charge on any atom is 0.342 e. The summed E-state index contributed by atoms with van der Waals surface area (Å²) in [5.41, 5.74) is 7.06. The van der Waals surface area contributed by atoms with Crippen molar-refractivity contribution >= 4 is 45.6 Å². The maximum atomic E-state index is 12.5. The molecule has 0 aliphatic heterocycles. The Balaban J connectivity index is 1.67. The highest BCUT2D eigenvalue weighted by atomic mass is 32.2. The molecule has 3 aromatic heterocycles. The molecule has 0 unspecified atom stereocenters. The van der Waals surface area contributed by atoms with Crippen LogP contribution in [0.25, 0.3) is 22.0 Å². The SMILES string of the molecule is CCOC(=O)c1c(C)oc2nc(CSc3nc4ccccc4c(=O)n3C)nc(N)c12. The Morgan fingerprint density at radius 3 is 2.80 bits per heavy atom. The number of hydrogen-bond acceptors (Lipinski definition) is 9. The summed E-state index contributed by atoms with van der Waals surface area (Å²) in [4.78, 5) is 38.0. The molecule has 0 saturated heterocycles. The van der Waals surface area contributed by atoms with Crippen molar-refractivity contribution in [1.29, 1.82) is 0 Å². The first-order valence-corrected chi connectivity index (χ1v) is 10.2. The summed E-state index contributed by atoms with van der Waals surface area (Å²) >= 11 is 1.31. The predicted octanol–water partition coefficient (Wildman–Crippen LogP) is 2.83. The fourth-order valence-corrected chi connectivity index (χ4v) is 3.98. The van der Waals surface area contributed by atoms with Crippen molar-refractivity contribution in [2.45, 2.75) is 24.8 Å². The molecule has 0 saturated carbocycles. The third-order valence-corrected chi connectivity index (χ3v) is 5.58.